The van der Waals surface area contributed by atoms with Crippen LogP contribution in [0.25, 0.3) is 0 Å². The first-order valence-corrected chi connectivity index (χ1v) is 7.53. The SMILES string of the molecule is COc1ccc([C@@H]2NCCc3cc(OC)c(OC)cc32)c(O)c1. The zero-order valence-corrected chi connectivity index (χ0v) is 13.6. The fraction of sp³-hybridized carbons (Fsp3) is 0.333. The molecule has 2 N–H and O–H groups in total. The zero-order chi connectivity index (χ0) is 16.4. The maximum atomic E-state index is 10.4. The molecule has 1 aliphatic rings. The first-order valence-electron chi connectivity index (χ1n) is 7.53. The van der Waals surface area contributed by atoms with Crippen LogP contribution in [-0.2, 0) is 6.42 Å². The Balaban J connectivity index is 2.07. The van der Waals surface area contributed by atoms with Gasteiger partial charge in [0.1, 0.15) is 11.5 Å². The van der Waals surface area contributed by atoms with Crippen LogP contribution in [0.3, 0.4) is 0 Å². The lowest BCUT2D eigenvalue weighted by molar-refractivity contribution is 0.352. The molecule has 0 unspecified atom stereocenters. The standard InChI is InChI=1S/C18H21NO4/c1-21-12-4-5-13(15(20)9-12)18-14-10-17(23-3)16(22-2)8-11(14)6-7-19-18/h4-5,8-10,18-20H,6-7H2,1-3H3/t18-/m0/s1. The van der Waals surface area contributed by atoms with Gasteiger partial charge in [-0.05, 0) is 41.8 Å². The second kappa shape index (κ2) is 6.38. The summed E-state index contributed by atoms with van der Waals surface area (Å²) in [4.78, 5) is 0. The maximum Gasteiger partial charge on any atom is 0.161 e. The van der Waals surface area contributed by atoms with Crippen molar-refractivity contribution in [1.82, 2.24) is 5.32 Å². The first kappa shape index (κ1) is 15.5. The Morgan fingerprint density at radius 1 is 0.957 bits per heavy atom. The fourth-order valence-corrected chi connectivity index (χ4v) is 3.06. The molecule has 0 spiro atoms. The van der Waals surface area contributed by atoms with E-state index in [1.165, 1.54) is 5.56 Å². The number of benzene rings is 2. The molecule has 0 amide bonds. The van der Waals surface area contributed by atoms with Crippen molar-refractivity contribution in [3.05, 3.63) is 47.0 Å². The van der Waals surface area contributed by atoms with E-state index in [0.29, 0.717) is 11.5 Å². The molecule has 5 heteroatoms. The summed E-state index contributed by atoms with van der Waals surface area (Å²) >= 11 is 0. The highest BCUT2D eigenvalue weighted by Crippen LogP contribution is 2.40. The molecule has 0 radical (unpaired) electrons. The third-order valence-electron chi connectivity index (χ3n) is 4.25. The quantitative estimate of drug-likeness (QED) is 0.908. The van der Waals surface area contributed by atoms with Gasteiger partial charge in [-0.25, -0.2) is 0 Å². The van der Waals surface area contributed by atoms with Gasteiger partial charge in [0.2, 0.25) is 0 Å². The predicted molar refractivity (Wildman–Crippen MR) is 87.8 cm³/mol. The first-order chi connectivity index (χ1) is 11.2. The smallest absolute Gasteiger partial charge is 0.161 e. The summed E-state index contributed by atoms with van der Waals surface area (Å²) in [6, 6.07) is 9.27. The van der Waals surface area contributed by atoms with E-state index in [0.717, 1.165) is 29.8 Å². The molecule has 0 saturated carbocycles. The van der Waals surface area contributed by atoms with Crippen LogP contribution in [0.5, 0.6) is 23.0 Å². The van der Waals surface area contributed by atoms with Crippen LogP contribution < -0.4 is 19.5 Å². The fourth-order valence-electron chi connectivity index (χ4n) is 3.06. The molecule has 122 valence electrons. The lowest BCUT2D eigenvalue weighted by Gasteiger charge is -2.29. The number of rotatable bonds is 4. The number of fused-ring (bicyclic) bond motifs is 1. The number of phenols is 1. The summed E-state index contributed by atoms with van der Waals surface area (Å²) in [5.74, 6) is 2.26. The molecule has 23 heavy (non-hydrogen) atoms. The van der Waals surface area contributed by atoms with E-state index in [-0.39, 0.29) is 11.8 Å². The van der Waals surface area contributed by atoms with Crippen molar-refractivity contribution in [3.63, 3.8) is 0 Å². The van der Waals surface area contributed by atoms with E-state index < -0.39 is 0 Å². The van der Waals surface area contributed by atoms with Gasteiger partial charge in [0.25, 0.3) is 0 Å². The van der Waals surface area contributed by atoms with E-state index >= 15 is 0 Å². The van der Waals surface area contributed by atoms with Crippen LogP contribution in [-0.4, -0.2) is 33.0 Å². The summed E-state index contributed by atoms with van der Waals surface area (Å²) in [5, 5.41) is 13.8. The van der Waals surface area contributed by atoms with Crippen molar-refractivity contribution in [2.75, 3.05) is 27.9 Å². The Morgan fingerprint density at radius 2 is 1.70 bits per heavy atom. The van der Waals surface area contributed by atoms with Gasteiger partial charge < -0.3 is 24.6 Å². The maximum absolute atomic E-state index is 10.4. The number of phenolic OH excluding ortho intramolecular Hbond substituents is 1. The Bertz CT molecular complexity index is 714. The highest BCUT2D eigenvalue weighted by atomic mass is 16.5. The predicted octanol–water partition coefficient (Wildman–Crippen LogP) is 2.65. The van der Waals surface area contributed by atoms with Crippen LogP contribution in [0.1, 0.15) is 22.7 Å². The molecule has 1 aliphatic heterocycles. The summed E-state index contributed by atoms with van der Waals surface area (Å²) < 4.78 is 16.0. The van der Waals surface area contributed by atoms with Crippen LogP contribution in [0.15, 0.2) is 30.3 Å². The van der Waals surface area contributed by atoms with Gasteiger partial charge >= 0.3 is 0 Å². The van der Waals surface area contributed by atoms with E-state index in [9.17, 15) is 5.11 Å². The van der Waals surface area contributed by atoms with Gasteiger partial charge in [0, 0.05) is 18.2 Å². The summed E-state index contributed by atoms with van der Waals surface area (Å²) in [6.07, 6.45) is 0.906. The van der Waals surface area contributed by atoms with E-state index in [1.54, 1.807) is 27.4 Å². The van der Waals surface area contributed by atoms with E-state index in [1.807, 2.05) is 24.3 Å². The van der Waals surface area contributed by atoms with Gasteiger partial charge in [-0.2, -0.15) is 0 Å². The van der Waals surface area contributed by atoms with Crippen LogP contribution >= 0.6 is 0 Å². The second-order valence-electron chi connectivity index (χ2n) is 5.47. The lowest BCUT2D eigenvalue weighted by atomic mass is 9.89. The van der Waals surface area contributed by atoms with Gasteiger partial charge in [-0.1, -0.05) is 0 Å². The van der Waals surface area contributed by atoms with E-state index in [2.05, 4.69) is 5.32 Å². The molecular weight excluding hydrogens is 294 g/mol. The molecule has 0 bridgehead atoms. The van der Waals surface area contributed by atoms with Crippen molar-refractivity contribution in [1.29, 1.82) is 0 Å². The molecule has 0 saturated heterocycles. The zero-order valence-electron chi connectivity index (χ0n) is 13.6. The molecular formula is C18H21NO4. The Hall–Kier alpha value is -2.40. The normalized spacial score (nSPS) is 16.6. The average molecular weight is 315 g/mol. The molecule has 3 rings (SSSR count). The number of aromatic hydroxyl groups is 1. The molecule has 0 aromatic heterocycles. The summed E-state index contributed by atoms with van der Waals surface area (Å²) in [7, 11) is 4.85. The van der Waals surface area contributed by atoms with Crippen molar-refractivity contribution >= 4 is 0 Å². The molecule has 0 fully saturated rings. The Kier molecular flexibility index (Phi) is 4.30. The topological polar surface area (TPSA) is 60.0 Å². The number of hydrogen-bond donors (Lipinski definition) is 2. The minimum atomic E-state index is -0.0931. The molecule has 2 aromatic rings. The number of ether oxygens (including phenoxy) is 3. The average Bonchev–Trinajstić information content (AvgIpc) is 2.59. The Morgan fingerprint density at radius 3 is 2.35 bits per heavy atom. The minimum absolute atomic E-state index is 0.0931. The number of methoxy groups -OCH3 is 3. The number of hydrogen-bond acceptors (Lipinski definition) is 5. The molecule has 0 aliphatic carbocycles. The van der Waals surface area contributed by atoms with Gasteiger partial charge in [-0.3, -0.25) is 0 Å². The molecule has 1 atom stereocenters. The van der Waals surface area contributed by atoms with Gasteiger partial charge in [-0.15, -0.1) is 0 Å². The van der Waals surface area contributed by atoms with Gasteiger partial charge in [0.05, 0.1) is 27.4 Å². The van der Waals surface area contributed by atoms with E-state index in [4.69, 9.17) is 14.2 Å². The molecule has 2 aromatic carbocycles. The second-order valence-corrected chi connectivity index (χ2v) is 5.47. The van der Waals surface area contributed by atoms with Crippen molar-refractivity contribution in [3.8, 4) is 23.0 Å². The van der Waals surface area contributed by atoms with Crippen LogP contribution in [0, 0.1) is 0 Å². The largest absolute Gasteiger partial charge is 0.507 e. The lowest BCUT2D eigenvalue weighted by Crippen LogP contribution is -2.30. The summed E-state index contributed by atoms with van der Waals surface area (Å²) in [5.41, 5.74) is 3.11. The third-order valence-corrected chi connectivity index (χ3v) is 4.25. The highest BCUT2D eigenvalue weighted by Gasteiger charge is 2.26. The Labute approximate surface area is 135 Å². The van der Waals surface area contributed by atoms with Crippen molar-refractivity contribution < 1.29 is 19.3 Å². The third kappa shape index (κ3) is 2.80. The molecule has 1 heterocycles. The summed E-state index contributed by atoms with van der Waals surface area (Å²) in [6.45, 7) is 0.832. The highest BCUT2D eigenvalue weighted by molar-refractivity contribution is 5.54. The van der Waals surface area contributed by atoms with Crippen molar-refractivity contribution in [2.45, 2.75) is 12.5 Å². The van der Waals surface area contributed by atoms with Crippen LogP contribution in [0.2, 0.25) is 0 Å². The number of nitrogens with one attached hydrogen (secondary N) is 1. The molecule has 5 nitrogen and oxygen atoms in total. The minimum Gasteiger partial charge on any atom is -0.507 e. The van der Waals surface area contributed by atoms with Crippen LogP contribution in [0.4, 0.5) is 0 Å². The van der Waals surface area contributed by atoms with Crippen molar-refractivity contribution in [2.24, 2.45) is 0 Å². The monoisotopic (exact) mass is 315 g/mol. The van der Waals surface area contributed by atoms with Gasteiger partial charge in [0.15, 0.2) is 11.5 Å².